The van der Waals surface area contributed by atoms with Crippen molar-refractivity contribution < 1.29 is 18.7 Å². The second kappa shape index (κ2) is 12.6. The molecule has 5 nitrogen and oxygen atoms in total. The summed E-state index contributed by atoms with van der Waals surface area (Å²) in [6.45, 7) is 2.33. The summed E-state index contributed by atoms with van der Waals surface area (Å²) >= 11 is 0. The quantitative estimate of drug-likeness (QED) is 0.422. The Morgan fingerprint density at radius 2 is 1.79 bits per heavy atom. The second-order valence-electron chi connectivity index (χ2n) is 6.58. The fourth-order valence-electron chi connectivity index (χ4n) is 2.84. The number of aryl methyl sites for hydroxylation is 1. The largest absolute Gasteiger partial charge is 0.493 e. The first-order chi connectivity index (χ1) is 14.1. The number of ether oxygens (including phenoxy) is 2. The van der Waals surface area contributed by atoms with Crippen LogP contribution in [0.2, 0.25) is 0 Å². The van der Waals surface area contributed by atoms with Crippen LogP contribution < -0.4 is 20.1 Å². The van der Waals surface area contributed by atoms with Crippen molar-refractivity contribution in [1.82, 2.24) is 10.6 Å². The molecule has 0 radical (unpaired) electrons. The van der Waals surface area contributed by atoms with Crippen LogP contribution in [0.3, 0.4) is 0 Å². The minimum absolute atomic E-state index is 0.178. The molecular formula is C23H29FN2O3. The van der Waals surface area contributed by atoms with Crippen LogP contribution in [0.15, 0.2) is 48.5 Å². The van der Waals surface area contributed by atoms with Crippen molar-refractivity contribution in [2.45, 2.75) is 19.3 Å². The van der Waals surface area contributed by atoms with Gasteiger partial charge in [-0.15, -0.1) is 0 Å². The van der Waals surface area contributed by atoms with Gasteiger partial charge in [0.15, 0.2) is 11.5 Å². The molecule has 0 atom stereocenters. The minimum atomic E-state index is -0.315. The Labute approximate surface area is 171 Å². The van der Waals surface area contributed by atoms with Gasteiger partial charge in [0.2, 0.25) is 5.91 Å². The fraction of sp³-hybridized carbons (Fsp3) is 0.348. The third-order valence-electron chi connectivity index (χ3n) is 4.37. The molecule has 2 aromatic rings. The molecular weight excluding hydrogens is 371 g/mol. The summed E-state index contributed by atoms with van der Waals surface area (Å²) in [7, 11) is 3.27. The smallest absolute Gasteiger partial charge is 0.243 e. The monoisotopic (exact) mass is 400 g/mol. The fourth-order valence-corrected chi connectivity index (χ4v) is 2.84. The maximum absolute atomic E-state index is 13.1. The van der Waals surface area contributed by atoms with E-state index in [1.807, 2.05) is 18.2 Å². The molecule has 0 saturated heterocycles. The Bertz CT molecular complexity index is 808. The standard InChI is InChI=1S/C23H29FN2O3/c1-28-21-11-9-19(17-22(21)29-2)7-4-13-25-14-5-15-26-23(27)12-10-18-6-3-8-20(24)16-18/h3,6,8-12,16-17,25H,4-5,7,13-15H2,1-2H3,(H,26,27)/b12-10+. The molecule has 1 amide bonds. The molecule has 0 spiro atoms. The Morgan fingerprint density at radius 1 is 1.00 bits per heavy atom. The zero-order valence-corrected chi connectivity index (χ0v) is 17.0. The zero-order chi connectivity index (χ0) is 20.9. The van der Waals surface area contributed by atoms with Gasteiger partial charge >= 0.3 is 0 Å². The van der Waals surface area contributed by atoms with Crippen LogP contribution in [0.5, 0.6) is 11.5 Å². The predicted octanol–water partition coefficient (Wildman–Crippen LogP) is 3.58. The van der Waals surface area contributed by atoms with E-state index in [1.54, 1.807) is 32.4 Å². The molecule has 6 heteroatoms. The number of nitrogens with one attached hydrogen (secondary N) is 2. The Balaban J connectivity index is 1.54. The first kappa shape index (κ1) is 22.4. The van der Waals surface area contributed by atoms with E-state index >= 15 is 0 Å². The van der Waals surface area contributed by atoms with Gasteiger partial charge in [0.1, 0.15) is 5.82 Å². The van der Waals surface area contributed by atoms with Gasteiger partial charge in [0.05, 0.1) is 14.2 Å². The summed E-state index contributed by atoms with van der Waals surface area (Å²) in [6.07, 6.45) is 5.83. The van der Waals surface area contributed by atoms with E-state index in [0.29, 0.717) is 12.1 Å². The van der Waals surface area contributed by atoms with E-state index in [-0.39, 0.29) is 11.7 Å². The number of hydrogen-bond donors (Lipinski definition) is 2. The van der Waals surface area contributed by atoms with Crippen molar-refractivity contribution in [1.29, 1.82) is 0 Å². The van der Waals surface area contributed by atoms with Crippen molar-refractivity contribution in [2.24, 2.45) is 0 Å². The average Bonchev–Trinajstić information content (AvgIpc) is 2.74. The Hall–Kier alpha value is -2.86. The highest BCUT2D eigenvalue weighted by Gasteiger charge is 2.04. The van der Waals surface area contributed by atoms with Gasteiger partial charge in [-0.3, -0.25) is 4.79 Å². The Morgan fingerprint density at radius 3 is 2.55 bits per heavy atom. The van der Waals surface area contributed by atoms with Crippen LogP contribution in [0.4, 0.5) is 4.39 Å². The summed E-state index contributed by atoms with van der Waals surface area (Å²) in [4.78, 5) is 11.8. The number of amides is 1. The maximum Gasteiger partial charge on any atom is 0.243 e. The van der Waals surface area contributed by atoms with Crippen molar-refractivity contribution in [3.63, 3.8) is 0 Å². The van der Waals surface area contributed by atoms with Gasteiger partial charge in [0.25, 0.3) is 0 Å². The molecule has 0 aromatic heterocycles. The Kier molecular flexibility index (Phi) is 9.72. The van der Waals surface area contributed by atoms with Gasteiger partial charge in [-0.05, 0) is 73.8 Å². The molecule has 0 fully saturated rings. The van der Waals surface area contributed by atoms with E-state index in [1.165, 1.54) is 23.8 Å². The lowest BCUT2D eigenvalue weighted by atomic mass is 10.1. The summed E-state index contributed by atoms with van der Waals surface area (Å²) < 4.78 is 23.6. The zero-order valence-electron chi connectivity index (χ0n) is 17.0. The van der Waals surface area contributed by atoms with Crippen LogP contribution in [0.1, 0.15) is 24.0 Å². The number of halogens is 1. The maximum atomic E-state index is 13.1. The molecule has 2 N–H and O–H groups in total. The molecule has 156 valence electrons. The molecule has 0 aliphatic heterocycles. The van der Waals surface area contributed by atoms with Gasteiger partial charge < -0.3 is 20.1 Å². The average molecular weight is 400 g/mol. The third-order valence-corrected chi connectivity index (χ3v) is 4.37. The molecule has 2 aromatic carbocycles. The van der Waals surface area contributed by atoms with Crippen LogP contribution in [0, 0.1) is 5.82 Å². The highest BCUT2D eigenvalue weighted by atomic mass is 19.1. The molecule has 0 bridgehead atoms. The summed E-state index contributed by atoms with van der Waals surface area (Å²) in [6, 6.07) is 12.1. The van der Waals surface area contributed by atoms with Crippen LogP contribution in [-0.2, 0) is 11.2 Å². The van der Waals surface area contributed by atoms with Crippen LogP contribution in [-0.4, -0.2) is 39.8 Å². The topological polar surface area (TPSA) is 59.6 Å². The van der Waals surface area contributed by atoms with Gasteiger partial charge in [0, 0.05) is 12.6 Å². The van der Waals surface area contributed by atoms with E-state index in [4.69, 9.17) is 9.47 Å². The van der Waals surface area contributed by atoms with Crippen LogP contribution >= 0.6 is 0 Å². The lowest BCUT2D eigenvalue weighted by Gasteiger charge is -2.10. The number of carbonyl (C=O) groups is 1. The minimum Gasteiger partial charge on any atom is -0.493 e. The highest BCUT2D eigenvalue weighted by Crippen LogP contribution is 2.27. The van der Waals surface area contributed by atoms with E-state index in [0.717, 1.165) is 43.9 Å². The van der Waals surface area contributed by atoms with Crippen molar-refractivity contribution in [3.05, 3.63) is 65.5 Å². The number of hydrogen-bond acceptors (Lipinski definition) is 4. The SMILES string of the molecule is COc1ccc(CCCNCCCNC(=O)/C=C/c2cccc(F)c2)cc1OC. The second-order valence-corrected chi connectivity index (χ2v) is 6.58. The number of benzene rings is 2. The van der Waals surface area contributed by atoms with E-state index in [2.05, 4.69) is 10.6 Å². The van der Waals surface area contributed by atoms with Gasteiger partial charge in [-0.2, -0.15) is 0 Å². The molecule has 0 aliphatic carbocycles. The number of carbonyl (C=O) groups excluding carboxylic acids is 1. The molecule has 0 saturated carbocycles. The van der Waals surface area contributed by atoms with Crippen molar-refractivity contribution >= 4 is 12.0 Å². The molecule has 29 heavy (non-hydrogen) atoms. The lowest BCUT2D eigenvalue weighted by Crippen LogP contribution is -2.26. The summed E-state index contributed by atoms with van der Waals surface area (Å²) in [5, 5.41) is 6.20. The molecule has 0 unspecified atom stereocenters. The van der Waals surface area contributed by atoms with Crippen LogP contribution in [0.25, 0.3) is 6.08 Å². The highest BCUT2D eigenvalue weighted by molar-refractivity contribution is 5.91. The van der Waals surface area contributed by atoms with E-state index < -0.39 is 0 Å². The summed E-state index contributed by atoms with van der Waals surface area (Å²) in [5.41, 5.74) is 1.87. The number of methoxy groups -OCH3 is 2. The van der Waals surface area contributed by atoms with Crippen molar-refractivity contribution in [3.8, 4) is 11.5 Å². The van der Waals surface area contributed by atoms with Gasteiger partial charge in [-0.25, -0.2) is 4.39 Å². The van der Waals surface area contributed by atoms with E-state index in [9.17, 15) is 9.18 Å². The number of rotatable bonds is 12. The third kappa shape index (κ3) is 8.35. The summed E-state index contributed by atoms with van der Waals surface area (Å²) in [5.74, 6) is 0.995. The lowest BCUT2D eigenvalue weighted by molar-refractivity contribution is -0.116. The first-order valence-electron chi connectivity index (χ1n) is 9.75. The molecule has 2 rings (SSSR count). The normalized spacial score (nSPS) is 10.9. The first-order valence-corrected chi connectivity index (χ1v) is 9.75. The molecule has 0 heterocycles. The molecule has 0 aliphatic rings. The van der Waals surface area contributed by atoms with Crippen molar-refractivity contribution in [2.75, 3.05) is 33.9 Å². The van der Waals surface area contributed by atoms with Gasteiger partial charge in [-0.1, -0.05) is 18.2 Å². The predicted molar refractivity (Wildman–Crippen MR) is 114 cm³/mol.